The lowest BCUT2D eigenvalue weighted by atomic mass is 10.1. The largest absolute Gasteiger partial charge is 0.497 e. The minimum atomic E-state index is -3.89. The molecule has 0 bridgehead atoms. The number of nitrogens with one attached hydrogen (secondary N) is 1. The van der Waals surface area contributed by atoms with Crippen LogP contribution < -0.4 is 14.4 Å². The molecule has 26 heavy (non-hydrogen) atoms. The predicted molar refractivity (Wildman–Crippen MR) is 104 cm³/mol. The van der Waals surface area contributed by atoms with E-state index < -0.39 is 10.0 Å². The van der Waals surface area contributed by atoms with Crippen molar-refractivity contribution < 1.29 is 17.9 Å². The normalized spacial score (nSPS) is 16.3. The minimum absolute atomic E-state index is 0.0808. The molecule has 1 N–H and O–H groups in total. The molecule has 6 nitrogen and oxygen atoms in total. The Morgan fingerprint density at radius 3 is 2.50 bits per heavy atom. The van der Waals surface area contributed by atoms with Gasteiger partial charge in [0, 0.05) is 23.1 Å². The third-order valence-electron chi connectivity index (χ3n) is 4.29. The average Bonchev–Trinajstić information content (AvgIpc) is 2.90. The summed E-state index contributed by atoms with van der Waals surface area (Å²) >= 11 is 3.38. The second-order valence-electron chi connectivity index (χ2n) is 6.19. The first-order valence-electron chi connectivity index (χ1n) is 8.02. The summed E-state index contributed by atoms with van der Waals surface area (Å²) in [7, 11) is -2.34. The van der Waals surface area contributed by atoms with Crippen LogP contribution in [0.4, 0.5) is 11.4 Å². The van der Waals surface area contributed by atoms with E-state index in [4.69, 9.17) is 4.74 Å². The first-order chi connectivity index (χ1) is 12.2. The molecule has 3 rings (SSSR count). The third-order valence-corrected chi connectivity index (χ3v) is 6.14. The Morgan fingerprint density at radius 1 is 1.27 bits per heavy atom. The van der Waals surface area contributed by atoms with Gasteiger partial charge < -0.3 is 9.64 Å². The number of carbonyl (C=O) groups excluding carboxylic acids is 1. The van der Waals surface area contributed by atoms with Crippen LogP contribution in [0.2, 0.25) is 0 Å². The number of halogens is 1. The van der Waals surface area contributed by atoms with Gasteiger partial charge in [0.05, 0.1) is 12.8 Å². The molecule has 1 heterocycles. The van der Waals surface area contributed by atoms with E-state index in [1.807, 2.05) is 13.0 Å². The Bertz CT molecular complexity index is 958. The smallest absolute Gasteiger partial charge is 0.264 e. The van der Waals surface area contributed by atoms with E-state index in [0.717, 1.165) is 5.56 Å². The number of benzene rings is 2. The maximum atomic E-state index is 13.0. The Morgan fingerprint density at radius 2 is 1.92 bits per heavy atom. The van der Waals surface area contributed by atoms with Crippen LogP contribution in [0.15, 0.2) is 45.8 Å². The lowest BCUT2D eigenvalue weighted by molar-refractivity contribution is -0.116. The molecule has 0 saturated heterocycles. The number of anilines is 2. The van der Waals surface area contributed by atoms with Crippen LogP contribution in [0, 0.1) is 0 Å². The molecule has 1 aliphatic rings. The van der Waals surface area contributed by atoms with Gasteiger partial charge in [0.1, 0.15) is 10.6 Å². The van der Waals surface area contributed by atoms with Gasteiger partial charge in [0.25, 0.3) is 10.0 Å². The molecular weight excluding hydrogens is 420 g/mol. The maximum Gasteiger partial charge on any atom is 0.264 e. The summed E-state index contributed by atoms with van der Waals surface area (Å²) in [6.07, 6.45) is 0.611. The second-order valence-corrected chi connectivity index (χ2v) is 8.75. The summed E-state index contributed by atoms with van der Waals surface area (Å²) in [6.45, 7) is 3.35. The highest BCUT2D eigenvalue weighted by Crippen LogP contribution is 2.40. The van der Waals surface area contributed by atoms with Crippen molar-refractivity contribution in [3.8, 4) is 5.75 Å². The van der Waals surface area contributed by atoms with Gasteiger partial charge in [0.15, 0.2) is 0 Å². The van der Waals surface area contributed by atoms with Crippen molar-refractivity contribution in [2.24, 2.45) is 0 Å². The zero-order valence-electron chi connectivity index (χ0n) is 14.6. The summed E-state index contributed by atoms with van der Waals surface area (Å²) in [4.78, 5) is 13.7. The van der Waals surface area contributed by atoms with Crippen molar-refractivity contribution >= 4 is 43.2 Å². The molecule has 1 aliphatic heterocycles. The van der Waals surface area contributed by atoms with Crippen LogP contribution in [-0.4, -0.2) is 27.5 Å². The van der Waals surface area contributed by atoms with Crippen molar-refractivity contribution in [3.05, 3.63) is 46.4 Å². The average molecular weight is 439 g/mol. The number of methoxy groups -OCH3 is 1. The Hall–Kier alpha value is -2.06. The van der Waals surface area contributed by atoms with Crippen molar-refractivity contribution in [3.63, 3.8) is 0 Å². The molecule has 8 heteroatoms. The molecule has 2 aromatic rings. The lowest BCUT2D eigenvalue weighted by Gasteiger charge is -2.23. The number of rotatable bonds is 4. The molecule has 0 fully saturated rings. The van der Waals surface area contributed by atoms with Gasteiger partial charge in [-0.15, -0.1) is 0 Å². The van der Waals surface area contributed by atoms with Crippen molar-refractivity contribution in [1.29, 1.82) is 0 Å². The van der Waals surface area contributed by atoms with Gasteiger partial charge >= 0.3 is 0 Å². The summed E-state index contributed by atoms with van der Waals surface area (Å²) in [5.74, 6) is 0.451. The van der Waals surface area contributed by atoms with E-state index >= 15 is 0 Å². The molecule has 138 valence electrons. The molecule has 0 aliphatic carbocycles. The van der Waals surface area contributed by atoms with Crippen LogP contribution >= 0.6 is 15.9 Å². The standard InChI is InChI=1S/C18H19BrN2O4S/c1-11-8-13-9-14(19)10-17(18(13)21(11)12(2)22)26(23,24)20-15-4-6-16(25-3)7-5-15/h4-7,9-11,20H,8H2,1-3H3/t11-/m1/s1. The maximum absolute atomic E-state index is 13.0. The minimum Gasteiger partial charge on any atom is -0.497 e. The van der Waals surface area contributed by atoms with Crippen molar-refractivity contribution in [1.82, 2.24) is 0 Å². The summed E-state index contributed by atoms with van der Waals surface area (Å²) in [6, 6.07) is 9.90. The first kappa shape index (κ1) is 18.7. The molecule has 0 unspecified atom stereocenters. The van der Waals surface area contributed by atoms with Crippen LogP contribution in [-0.2, 0) is 21.2 Å². The van der Waals surface area contributed by atoms with Gasteiger partial charge in [-0.2, -0.15) is 0 Å². The van der Waals surface area contributed by atoms with Gasteiger partial charge in [-0.05, 0) is 55.3 Å². The van der Waals surface area contributed by atoms with Crippen LogP contribution in [0.25, 0.3) is 0 Å². The van der Waals surface area contributed by atoms with E-state index in [9.17, 15) is 13.2 Å². The molecular formula is C18H19BrN2O4S. The Labute approximate surface area is 161 Å². The molecule has 0 spiro atoms. The van der Waals surface area contributed by atoms with Gasteiger partial charge in [-0.3, -0.25) is 9.52 Å². The molecule has 0 radical (unpaired) electrons. The van der Waals surface area contributed by atoms with E-state index in [0.29, 0.717) is 28.0 Å². The first-order valence-corrected chi connectivity index (χ1v) is 10.3. The highest BCUT2D eigenvalue weighted by Gasteiger charge is 2.35. The number of hydrogen-bond acceptors (Lipinski definition) is 4. The number of ether oxygens (including phenoxy) is 1. The number of sulfonamides is 1. The van der Waals surface area contributed by atoms with Crippen LogP contribution in [0.3, 0.4) is 0 Å². The highest BCUT2D eigenvalue weighted by atomic mass is 79.9. The number of amides is 1. The summed E-state index contributed by atoms with van der Waals surface area (Å²) in [5.41, 5.74) is 1.70. The fraction of sp³-hybridized carbons (Fsp3) is 0.278. The molecule has 0 aromatic heterocycles. The monoisotopic (exact) mass is 438 g/mol. The van der Waals surface area contributed by atoms with Crippen LogP contribution in [0.5, 0.6) is 5.75 Å². The third kappa shape index (κ3) is 3.43. The quantitative estimate of drug-likeness (QED) is 0.791. The van der Waals surface area contributed by atoms with E-state index in [2.05, 4.69) is 20.7 Å². The van der Waals surface area contributed by atoms with Gasteiger partial charge in [0.2, 0.25) is 5.91 Å². The fourth-order valence-corrected chi connectivity index (χ4v) is 5.21. The Balaban J connectivity index is 2.06. The fourth-order valence-electron chi connectivity index (χ4n) is 3.23. The number of fused-ring (bicyclic) bond motifs is 1. The summed E-state index contributed by atoms with van der Waals surface area (Å²) < 4.78 is 34.4. The van der Waals surface area contributed by atoms with Gasteiger partial charge in [-0.1, -0.05) is 15.9 Å². The molecule has 2 aromatic carbocycles. The lowest BCUT2D eigenvalue weighted by Crippen LogP contribution is -2.34. The molecule has 1 atom stereocenters. The van der Waals surface area contributed by atoms with Crippen molar-refractivity contribution in [2.75, 3.05) is 16.7 Å². The molecule has 0 saturated carbocycles. The second kappa shape index (κ2) is 6.92. The number of nitrogens with zero attached hydrogens (tertiary/aromatic N) is 1. The van der Waals surface area contributed by atoms with Gasteiger partial charge in [-0.25, -0.2) is 8.42 Å². The topological polar surface area (TPSA) is 75.7 Å². The van der Waals surface area contributed by atoms with E-state index in [1.165, 1.54) is 13.0 Å². The highest BCUT2D eigenvalue weighted by molar-refractivity contribution is 9.10. The number of carbonyl (C=O) groups is 1. The van der Waals surface area contributed by atoms with E-state index in [1.54, 1.807) is 36.3 Å². The molecule has 1 amide bonds. The number of hydrogen-bond donors (Lipinski definition) is 1. The summed E-state index contributed by atoms with van der Waals surface area (Å²) in [5, 5.41) is 0. The zero-order chi connectivity index (χ0) is 19.1. The van der Waals surface area contributed by atoms with Crippen molar-refractivity contribution in [2.45, 2.75) is 31.2 Å². The zero-order valence-corrected chi connectivity index (χ0v) is 17.0. The predicted octanol–water partition coefficient (Wildman–Crippen LogP) is 3.56. The van der Waals surface area contributed by atoms with E-state index in [-0.39, 0.29) is 16.8 Å². The Kier molecular flexibility index (Phi) is 4.98. The van der Waals surface area contributed by atoms with Crippen LogP contribution in [0.1, 0.15) is 19.4 Å². The SMILES string of the molecule is COc1ccc(NS(=O)(=O)c2cc(Br)cc3c2N(C(C)=O)[C@H](C)C3)cc1.